The van der Waals surface area contributed by atoms with Gasteiger partial charge < -0.3 is 15.5 Å². The van der Waals surface area contributed by atoms with Gasteiger partial charge in [0.25, 0.3) is 5.91 Å². The van der Waals surface area contributed by atoms with Crippen LogP contribution in [0.3, 0.4) is 0 Å². The number of rotatable bonds is 6. The van der Waals surface area contributed by atoms with Crippen LogP contribution in [-0.2, 0) is 0 Å². The standard InChI is InChI=1S/C27H28FN3O2/c1-2-31(23-7-5-6-22(29)18-23)27(33)24-8-3-4-9-25(24)30-16-14-20(15-17-30)26(32)19-10-12-21(28)13-11-19/h3-13,18,20H,2,14-17,29H2,1H3. The van der Waals surface area contributed by atoms with Crippen molar-refractivity contribution in [3.05, 3.63) is 89.7 Å². The number of Topliss-reactive ketones (excluding diaryl/α,β-unsaturated/α-hetero) is 1. The highest BCUT2D eigenvalue weighted by Crippen LogP contribution is 2.30. The molecule has 0 saturated carbocycles. The smallest absolute Gasteiger partial charge is 0.260 e. The van der Waals surface area contributed by atoms with Crippen LogP contribution >= 0.6 is 0 Å². The number of para-hydroxylation sites is 1. The van der Waals surface area contributed by atoms with Gasteiger partial charge in [-0.25, -0.2) is 4.39 Å². The Morgan fingerprint density at radius 1 is 1.00 bits per heavy atom. The fourth-order valence-corrected chi connectivity index (χ4v) is 4.44. The Kier molecular flexibility index (Phi) is 6.73. The summed E-state index contributed by atoms with van der Waals surface area (Å²) in [4.78, 5) is 30.2. The first-order valence-electron chi connectivity index (χ1n) is 11.3. The Labute approximate surface area is 193 Å². The Balaban J connectivity index is 1.50. The van der Waals surface area contributed by atoms with Gasteiger partial charge >= 0.3 is 0 Å². The van der Waals surface area contributed by atoms with Crippen LogP contribution in [0.2, 0.25) is 0 Å². The van der Waals surface area contributed by atoms with Gasteiger partial charge in [-0.15, -0.1) is 0 Å². The van der Waals surface area contributed by atoms with Crippen molar-refractivity contribution in [2.75, 3.05) is 35.2 Å². The molecule has 1 aliphatic rings. The van der Waals surface area contributed by atoms with Crippen molar-refractivity contribution in [1.82, 2.24) is 0 Å². The number of nitrogens with two attached hydrogens (primary N) is 1. The lowest BCUT2D eigenvalue weighted by Crippen LogP contribution is -2.38. The Morgan fingerprint density at radius 2 is 1.70 bits per heavy atom. The molecule has 5 nitrogen and oxygen atoms in total. The van der Waals surface area contributed by atoms with Gasteiger partial charge in [0.15, 0.2) is 5.78 Å². The minimum Gasteiger partial charge on any atom is -0.399 e. The first-order valence-corrected chi connectivity index (χ1v) is 11.3. The third-order valence-corrected chi connectivity index (χ3v) is 6.21. The highest BCUT2D eigenvalue weighted by Gasteiger charge is 2.28. The zero-order valence-corrected chi connectivity index (χ0v) is 18.7. The molecular weight excluding hydrogens is 417 g/mol. The first kappa shape index (κ1) is 22.5. The third kappa shape index (κ3) is 4.90. The SMILES string of the molecule is CCN(C(=O)c1ccccc1N1CCC(C(=O)c2ccc(F)cc2)CC1)c1cccc(N)c1. The van der Waals surface area contributed by atoms with E-state index < -0.39 is 0 Å². The molecule has 1 amide bonds. The van der Waals surface area contributed by atoms with Crippen molar-refractivity contribution in [3.63, 3.8) is 0 Å². The number of nitrogens with zero attached hydrogens (tertiary/aromatic N) is 2. The molecule has 0 spiro atoms. The number of hydrogen-bond donors (Lipinski definition) is 1. The van der Waals surface area contributed by atoms with Crippen molar-refractivity contribution in [2.45, 2.75) is 19.8 Å². The van der Waals surface area contributed by atoms with Gasteiger partial charge in [0.05, 0.1) is 5.56 Å². The van der Waals surface area contributed by atoms with Crippen molar-refractivity contribution in [1.29, 1.82) is 0 Å². The molecule has 33 heavy (non-hydrogen) atoms. The Hall–Kier alpha value is -3.67. The molecule has 1 aliphatic heterocycles. The molecule has 0 aliphatic carbocycles. The summed E-state index contributed by atoms with van der Waals surface area (Å²) in [6.45, 7) is 3.81. The molecule has 0 bridgehead atoms. The highest BCUT2D eigenvalue weighted by molar-refractivity contribution is 6.10. The van der Waals surface area contributed by atoms with Crippen molar-refractivity contribution in [2.24, 2.45) is 5.92 Å². The Morgan fingerprint density at radius 3 is 2.36 bits per heavy atom. The number of anilines is 3. The molecule has 2 N–H and O–H groups in total. The average molecular weight is 446 g/mol. The van der Waals surface area contributed by atoms with Gasteiger partial charge in [-0.05, 0) is 74.4 Å². The molecule has 4 rings (SSSR count). The molecule has 3 aromatic carbocycles. The third-order valence-electron chi connectivity index (χ3n) is 6.21. The number of nitrogen functional groups attached to an aromatic ring is 1. The summed E-state index contributed by atoms with van der Waals surface area (Å²) < 4.78 is 13.2. The maximum Gasteiger partial charge on any atom is 0.260 e. The molecule has 1 heterocycles. The number of amides is 1. The molecule has 170 valence electrons. The predicted octanol–water partition coefficient (Wildman–Crippen LogP) is 5.17. The Bertz CT molecular complexity index is 1140. The zero-order valence-electron chi connectivity index (χ0n) is 18.7. The summed E-state index contributed by atoms with van der Waals surface area (Å²) in [6.07, 6.45) is 1.37. The van der Waals surface area contributed by atoms with Gasteiger partial charge in [-0.1, -0.05) is 18.2 Å². The highest BCUT2D eigenvalue weighted by atomic mass is 19.1. The maximum atomic E-state index is 13.5. The number of hydrogen-bond acceptors (Lipinski definition) is 4. The van der Waals surface area contributed by atoms with E-state index in [1.807, 2.05) is 43.3 Å². The van der Waals surface area contributed by atoms with E-state index in [0.29, 0.717) is 49.3 Å². The molecule has 0 unspecified atom stereocenters. The fourth-order valence-electron chi connectivity index (χ4n) is 4.44. The topological polar surface area (TPSA) is 66.6 Å². The molecule has 1 saturated heterocycles. The van der Waals surface area contributed by atoms with Crippen molar-refractivity contribution < 1.29 is 14.0 Å². The van der Waals surface area contributed by atoms with Crippen LogP contribution in [0.15, 0.2) is 72.8 Å². The summed E-state index contributed by atoms with van der Waals surface area (Å²) in [7, 11) is 0. The molecule has 3 aromatic rings. The van der Waals surface area contributed by atoms with Gasteiger partial charge in [0.2, 0.25) is 0 Å². The number of piperidine rings is 1. The van der Waals surface area contributed by atoms with Gasteiger partial charge in [-0.2, -0.15) is 0 Å². The van der Waals surface area contributed by atoms with Crippen LogP contribution in [0.4, 0.5) is 21.5 Å². The van der Waals surface area contributed by atoms with E-state index in [1.54, 1.807) is 29.2 Å². The largest absolute Gasteiger partial charge is 0.399 e. The minimum absolute atomic E-state index is 0.0536. The number of carbonyl (C=O) groups excluding carboxylic acids is 2. The monoisotopic (exact) mass is 445 g/mol. The average Bonchev–Trinajstić information content (AvgIpc) is 2.85. The van der Waals surface area contributed by atoms with Crippen LogP contribution in [0.1, 0.15) is 40.5 Å². The summed E-state index contributed by atoms with van der Waals surface area (Å²) in [5, 5.41) is 0. The lowest BCUT2D eigenvalue weighted by Gasteiger charge is -2.34. The number of benzene rings is 3. The first-order chi connectivity index (χ1) is 16.0. The minimum atomic E-state index is -0.345. The fraction of sp³-hybridized carbons (Fsp3) is 0.259. The molecule has 0 atom stereocenters. The second kappa shape index (κ2) is 9.86. The number of carbonyl (C=O) groups is 2. The summed E-state index contributed by atoms with van der Waals surface area (Å²) in [5.41, 5.74) is 9.36. The molecule has 6 heteroatoms. The number of ketones is 1. The van der Waals surface area contributed by atoms with Crippen LogP contribution < -0.4 is 15.5 Å². The van der Waals surface area contributed by atoms with Crippen molar-refractivity contribution in [3.8, 4) is 0 Å². The van der Waals surface area contributed by atoms with Gasteiger partial charge in [0.1, 0.15) is 5.82 Å². The van der Waals surface area contributed by atoms with E-state index in [-0.39, 0.29) is 23.4 Å². The lowest BCUT2D eigenvalue weighted by molar-refractivity contribution is 0.0899. The lowest BCUT2D eigenvalue weighted by atomic mass is 9.88. The van der Waals surface area contributed by atoms with Crippen LogP contribution in [0, 0.1) is 11.7 Å². The van der Waals surface area contributed by atoms with Gasteiger partial charge in [0, 0.05) is 48.2 Å². The second-order valence-corrected chi connectivity index (χ2v) is 8.29. The van der Waals surface area contributed by atoms with E-state index in [9.17, 15) is 14.0 Å². The normalized spacial score (nSPS) is 14.2. The molecule has 0 aromatic heterocycles. The van der Waals surface area contributed by atoms with E-state index >= 15 is 0 Å². The van der Waals surface area contributed by atoms with Crippen LogP contribution in [-0.4, -0.2) is 31.3 Å². The quantitative estimate of drug-likeness (QED) is 0.420. The maximum absolute atomic E-state index is 13.5. The van der Waals surface area contributed by atoms with E-state index in [2.05, 4.69) is 4.90 Å². The van der Waals surface area contributed by atoms with Crippen molar-refractivity contribution >= 4 is 28.8 Å². The number of halogens is 1. The van der Waals surface area contributed by atoms with E-state index in [0.717, 1.165) is 11.4 Å². The zero-order chi connectivity index (χ0) is 23.4. The second-order valence-electron chi connectivity index (χ2n) is 8.29. The van der Waals surface area contributed by atoms with Crippen LogP contribution in [0.25, 0.3) is 0 Å². The predicted molar refractivity (Wildman–Crippen MR) is 130 cm³/mol. The summed E-state index contributed by atoms with van der Waals surface area (Å²) in [6, 6.07) is 20.7. The molecule has 0 radical (unpaired) electrons. The molecule has 1 fully saturated rings. The molecular formula is C27H28FN3O2. The van der Waals surface area contributed by atoms with Gasteiger partial charge in [-0.3, -0.25) is 9.59 Å². The van der Waals surface area contributed by atoms with Crippen LogP contribution in [0.5, 0.6) is 0 Å². The summed E-state index contributed by atoms with van der Waals surface area (Å²) in [5.74, 6) is -0.475. The summed E-state index contributed by atoms with van der Waals surface area (Å²) >= 11 is 0. The van der Waals surface area contributed by atoms with E-state index in [1.165, 1.54) is 12.1 Å². The van der Waals surface area contributed by atoms with E-state index in [4.69, 9.17) is 5.73 Å².